The van der Waals surface area contributed by atoms with Gasteiger partial charge in [-0.1, -0.05) is 23.7 Å². The third kappa shape index (κ3) is 2.33. The van der Waals surface area contributed by atoms with Crippen molar-refractivity contribution in [3.63, 3.8) is 0 Å². The predicted octanol–water partition coefficient (Wildman–Crippen LogP) is 2.30. The van der Waals surface area contributed by atoms with Gasteiger partial charge in [0.2, 0.25) is 0 Å². The summed E-state index contributed by atoms with van der Waals surface area (Å²) >= 11 is 5.88. The summed E-state index contributed by atoms with van der Waals surface area (Å²) < 4.78 is 0. The fraction of sp³-hybridized carbons (Fsp3) is 0.500. The molecule has 0 spiro atoms. The van der Waals surface area contributed by atoms with E-state index in [4.69, 9.17) is 11.6 Å². The molecule has 1 heterocycles. The van der Waals surface area contributed by atoms with E-state index in [1.165, 1.54) is 5.56 Å². The second-order valence-electron chi connectivity index (χ2n) is 4.20. The zero-order chi connectivity index (χ0) is 10.8. The molecule has 0 aromatic heterocycles. The lowest BCUT2D eigenvalue weighted by atomic mass is 9.97. The highest BCUT2D eigenvalue weighted by Gasteiger charge is 2.25. The Morgan fingerprint density at radius 3 is 2.67 bits per heavy atom. The second-order valence-corrected chi connectivity index (χ2v) is 4.64. The Bertz CT molecular complexity index is 323. The van der Waals surface area contributed by atoms with E-state index < -0.39 is 0 Å². The Hall–Kier alpha value is -0.570. The summed E-state index contributed by atoms with van der Waals surface area (Å²) in [4.78, 5) is 2.38. The van der Waals surface area contributed by atoms with Gasteiger partial charge in [-0.25, -0.2) is 0 Å². The van der Waals surface area contributed by atoms with Crippen LogP contribution in [0, 0.1) is 0 Å². The van der Waals surface area contributed by atoms with Gasteiger partial charge in [-0.3, -0.25) is 0 Å². The van der Waals surface area contributed by atoms with E-state index in [0.29, 0.717) is 12.1 Å². The third-order valence-corrected chi connectivity index (χ3v) is 3.49. The monoisotopic (exact) mass is 224 g/mol. The Labute approximate surface area is 96.2 Å². The summed E-state index contributed by atoms with van der Waals surface area (Å²) in [6.45, 7) is 4.42. The smallest absolute Gasteiger partial charge is 0.0475 e. The topological polar surface area (TPSA) is 15.3 Å². The maximum atomic E-state index is 5.88. The molecule has 1 aliphatic rings. The van der Waals surface area contributed by atoms with Gasteiger partial charge in [0.05, 0.1) is 0 Å². The van der Waals surface area contributed by atoms with Crippen molar-refractivity contribution >= 4 is 11.6 Å². The number of hydrogen-bond donors (Lipinski definition) is 1. The summed E-state index contributed by atoms with van der Waals surface area (Å²) in [5.41, 5.74) is 1.32. The van der Waals surface area contributed by atoms with E-state index in [1.807, 2.05) is 12.1 Å². The number of nitrogens with one attached hydrogen (secondary N) is 1. The van der Waals surface area contributed by atoms with Crippen LogP contribution in [0.2, 0.25) is 5.02 Å². The number of rotatable bonds is 1. The fourth-order valence-electron chi connectivity index (χ4n) is 2.09. The van der Waals surface area contributed by atoms with Crippen LogP contribution < -0.4 is 5.32 Å². The van der Waals surface area contributed by atoms with E-state index in [1.54, 1.807) is 0 Å². The minimum atomic E-state index is 0.418. The molecule has 3 heteroatoms. The number of likely N-dealkylation sites (N-methyl/N-ethyl adjacent to an activating group) is 1. The average Bonchev–Trinajstić information content (AvgIpc) is 2.24. The van der Waals surface area contributed by atoms with Crippen LogP contribution in [0.4, 0.5) is 0 Å². The fourth-order valence-corrected chi connectivity index (χ4v) is 2.22. The molecule has 1 fully saturated rings. The molecule has 2 unspecified atom stereocenters. The van der Waals surface area contributed by atoms with Crippen molar-refractivity contribution in [2.75, 3.05) is 20.1 Å². The lowest BCUT2D eigenvalue weighted by Crippen LogP contribution is -2.49. The minimum absolute atomic E-state index is 0.418. The summed E-state index contributed by atoms with van der Waals surface area (Å²) in [7, 11) is 2.18. The Morgan fingerprint density at radius 2 is 2.00 bits per heavy atom. The van der Waals surface area contributed by atoms with Crippen LogP contribution >= 0.6 is 11.6 Å². The minimum Gasteiger partial charge on any atom is -0.307 e. The van der Waals surface area contributed by atoms with Crippen molar-refractivity contribution in [3.8, 4) is 0 Å². The maximum Gasteiger partial charge on any atom is 0.0475 e. The first-order valence-electron chi connectivity index (χ1n) is 5.37. The maximum absolute atomic E-state index is 5.88. The van der Waals surface area contributed by atoms with Crippen LogP contribution in [0.15, 0.2) is 24.3 Å². The zero-order valence-electron chi connectivity index (χ0n) is 9.20. The highest BCUT2D eigenvalue weighted by atomic mass is 35.5. The van der Waals surface area contributed by atoms with E-state index in [0.717, 1.165) is 18.1 Å². The lowest BCUT2D eigenvalue weighted by Gasteiger charge is -2.38. The van der Waals surface area contributed by atoms with Crippen molar-refractivity contribution in [1.82, 2.24) is 10.2 Å². The highest BCUT2D eigenvalue weighted by molar-refractivity contribution is 6.30. The van der Waals surface area contributed by atoms with Gasteiger partial charge in [0, 0.05) is 30.2 Å². The van der Waals surface area contributed by atoms with Gasteiger partial charge in [0.25, 0.3) is 0 Å². The van der Waals surface area contributed by atoms with Gasteiger partial charge in [-0.15, -0.1) is 0 Å². The van der Waals surface area contributed by atoms with Gasteiger partial charge in [-0.05, 0) is 31.7 Å². The van der Waals surface area contributed by atoms with E-state index in [2.05, 4.69) is 36.3 Å². The first kappa shape index (κ1) is 10.9. The van der Waals surface area contributed by atoms with Crippen molar-refractivity contribution in [2.45, 2.75) is 19.0 Å². The third-order valence-electron chi connectivity index (χ3n) is 3.24. The molecular formula is C12H17ClN2. The van der Waals surface area contributed by atoms with Crippen LogP contribution in [0.1, 0.15) is 18.5 Å². The average molecular weight is 225 g/mol. The molecule has 1 aromatic rings. The molecule has 1 saturated heterocycles. The predicted molar refractivity (Wildman–Crippen MR) is 64.3 cm³/mol. The van der Waals surface area contributed by atoms with Gasteiger partial charge in [-0.2, -0.15) is 0 Å². The second kappa shape index (κ2) is 4.52. The lowest BCUT2D eigenvalue weighted by molar-refractivity contribution is 0.164. The normalized spacial score (nSPS) is 27.9. The van der Waals surface area contributed by atoms with Crippen molar-refractivity contribution < 1.29 is 0 Å². The number of piperazine rings is 1. The first-order chi connectivity index (χ1) is 7.18. The molecule has 0 radical (unpaired) electrons. The SMILES string of the molecule is CC1C(c2ccc(Cl)cc2)NCCN1C. The number of hydrogen-bond acceptors (Lipinski definition) is 2. The molecule has 1 N–H and O–H groups in total. The molecule has 0 amide bonds. The van der Waals surface area contributed by atoms with Crippen LogP contribution in [0.5, 0.6) is 0 Å². The Kier molecular flexibility index (Phi) is 3.29. The molecule has 82 valence electrons. The van der Waals surface area contributed by atoms with Crippen LogP contribution in [-0.4, -0.2) is 31.1 Å². The molecule has 2 nitrogen and oxygen atoms in total. The number of halogens is 1. The quantitative estimate of drug-likeness (QED) is 0.788. The zero-order valence-corrected chi connectivity index (χ0v) is 9.96. The van der Waals surface area contributed by atoms with E-state index >= 15 is 0 Å². The number of benzene rings is 1. The van der Waals surface area contributed by atoms with Gasteiger partial charge >= 0.3 is 0 Å². The van der Waals surface area contributed by atoms with Crippen LogP contribution in [0.25, 0.3) is 0 Å². The summed E-state index contributed by atoms with van der Waals surface area (Å²) in [6, 6.07) is 9.08. The van der Waals surface area contributed by atoms with Gasteiger partial charge in [0.15, 0.2) is 0 Å². The van der Waals surface area contributed by atoms with E-state index in [9.17, 15) is 0 Å². The summed E-state index contributed by atoms with van der Waals surface area (Å²) in [6.07, 6.45) is 0. The molecule has 0 saturated carbocycles. The standard InChI is InChI=1S/C12H17ClN2/c1-9-12(14-7-8-15(9)2)10-3-5-11(13)6-4-10/h3-6,9,12,14H,7-8H2,1-2H3. The first-order valence-corrected chi connectivity index (χ1v) is 5.75. The van der Waals surface area contributed by atoms with Crippen LogP contribution in [-0.2, 0) is 0 Å². The molecule has 0 bridgehead atoms. The van der Waals surface area contributed by atoms with Crippen molar-refractivity contribution in [1.29, 1.82) is 0 Å². The molecule has 1 aromatic carbocycles. The van der Waals surface area contributed by atoms with Crippen molar-refractivity contribution in [3.05, 3.63) is 34.9 Å². The number of nitrogens with zero attached hydrogens (tertiary/aromatic N) is 1. The van der Waals surface area contributed by atoms with E-state index in [-0.39, 0.29) is 0 Å². The molecule has 0 aliphatic carbocycles. The van der Waals surface area contributed by atoms with Gasteiger partial charge in [0.1, 0.15) is 0 Å². The van der Waals surface area contributed by atoms with Crippen molar-refractivity contribution in [2.24, 2.45) is 0 Å². The Morgan fingerprint density at radius 1 is 1.33 bits per heavy atom. The summed E-state index contributed by atoms with van der Waals surface area (Å²) in [5, 5.41) is 4.35. The molecule has 2 rings (SSSR count). The Balaban J connectivity index is 2.18. The van der Waals surface area contributed by atoms with Gasteiger partial charge < -0.3 is 10.2 Å². The molecule has 2 atom stereocenters. The largest absolute Gasteiger partial charge is 0.307 e. The summed E-state index contributed by atoms with van der Waals surface area (Å²) in [5.74, 6) is 0. The molecule has 15 heavy (non-hydrogen) atoms. The molecule has 1 aliphatic heterocycles. The molecular weight excluding hydrogens is 208 g/mol. The highest BCUT2D eigenvalue weighted by Crippen LogP contribution is 2.23. The van der Waals surface area contributed by atoms with Crippen LogP contribution in [0.3, 0.4) is 0 Å².